The molecule has 0 heterocycles. The minimum atomic E-state index is 0.275. The van der Waals surface area contributed by atoms with E-state index in [1.165, 1.54) is 27.1 Å². The zero-order chi connectivity index (χ0) is 17.8. The second kappa shape index (κ2) is 7.65. The van der Waals surface area contributed by atoms with Crippen molar-refractivity contribution in [3.63, 3.8) is 0 Å². The van der Waals surface area contributed by atoms with E-state index < -0.39 is 0 Å². The third kappa shape index (κ3) is 3.51. The monoisotopic (exact) mass is 330 g/mol. The molecule has 3 aromatic carbocycles. The van der Waals surface area contributed by atoms with E-state index in [1.54, 1.807) is 0 Å². The lowest BCUT2D eigenvalue weighted by Gasteiger charge is -2.15. The smallest absolute Gasteiger partial charge is 0.159 e. The Labute approximate surface area is 150 Å². The number of ketones is 1. The Morgan fingerprint density at radius 1 is 0.960 bits per heavy atom. The zero-order valence-corrected chi connectivity index (χ0v) is 15.4. The summed E-state index contributed by atoms with van der Waals surface area (Å²) >= 11 is 0. The summed E-state index contributed by atoms with van der Waals surface area (Å²) < 4.78 is 0. The molecular formula is C24H26O. The van der Waals surface area contributed by atoms with E-state index in [2.05, 4.69) is 81.4 Å². The summed E-state index contributed by atoms with van der Waals surface area (Å²) in [5.74, 6) is 0.561. The minimum absolute atomic E-state index is 0.275. The van der Waals surface area contributed by atoms with Gasteiger partial charge in [-0.1, -0.05) is 69.3 Å². The van der Waals surface area contributed by atoms with Gasteiger partial charge in [-0.2, -0.15) is 0 Å². The van der Waals surface area contributed by atoms with Crippen molar-refractivity contribution in [2.75, 3.05) is 0 Å². The fourth-order valence-electron chi connectivity index (χ4n) is 3.45. The molecule has 0 fully saturated rings. The summed E-state index contributed by atoms with van der Waals surface area (Å²) in [6.07, 6.45) is 4.66. The van der Waals surface area contributed by atoms with Gasteiger partial charge in [0.15, 0.2) is 5.78 Å². The van der Waals surface area contributed by atoms with Crippen LogP contribution in [0.15, 0.2) is 60.2 Å². The van der Waals surface area contributed by atoms with Crippen LogP contribution in [-0.4, -0.2) is 5.78 Å². The van der Waals surface area contributed by atoms with Gasteiger partial charge in [-0.15, -0.1) is 0 Å². The molecule has 0 saturated carbocycles. The van der Waals surface area contributed by atoms with E-state index in [-0.39, 0.29) is 11.7 Å². The molecule has 0 aromatic heterocycles. The number of allylic oxidation sites excluding steroid dienone is 1. The number of carbonyl (C=O) groups is 1. The van der Waals surface area contributed by atoms with Crippen molar-refractivity contribution in [2.24, 2.45) is 5.92 Å². The van der Waals surface area contributed by atoms with Gasteiger partial charge in [0, 0.05) is 6.42 Å². The lowest BCUT2D eigenvalue weighted by atomic mass is 9.88. The molecule has 25 heavy (non-hydrogen) atoms. The Balaban J connectivity index is 2.31. The van der Waals surface area contributed by atoms with E-state index >= 15 is 0 Å². The number of benzene rings is 3. The Morgan fingerprint density at radius 2 is 1.52 bits per heavy atom. The van der Waals surface area contributed by atoms with Gasteiger partial charge in [0.1, 0.15) is 0 Å². The quantitative estimate of drug-likeness (QED) is 0.359. The summed E-state index contributed by atoms with van der Waals surface area (Å²) in [5.41, 5.74) is 2.14. The first-order valence-corrected chi connectivity index (χ1v) is 9.31. The minimum Gasteiger partial charge on any atom is -0.295 e. The SMILES string of the molecule is CCCC(=O)/C(=C/c1c2ccccc2cc2ccccc12)C(C)CC. The third-order valence-corrected chi connectivity index (χ3v) is 5.06. The topological polar surface area (TPSA) is 17.1 Å². The first kappa shape index (κ1) is 17.4. The highest BCUT2D eigenvalue weighted by Gasteiger charge is 2.16. The van der Waals surface area contributed by atoms with Crippen molar-refractivity contribution in [3.05, 3.63) is 65.7 Å². The maximum Gasteiger partial charge on any atom is 0.159 e. The highest BCUT2D eigenvalue weighted by atomic mass is 16.1. The molecule has 1 unspecified atom stereocenters. The summed E-state index contributed by atoms with van der Waals surface area (Å²) in [6.45, 7) is 6.38. The number of hydrogen-bond donors (Lipinski definition) is 0. The molecule has 0 aliphatic rings. The molecular weight excluding hydrogens is 304 g/mol. The number of hydrogen-bond acceptors (Lipinski definition) is 1. The van der Waals surface area contributed by atoms with Crippen LogP contribution in [0.3, 0.4) is 0 Å². The average molecular weight is 330 g/mol. The van der Waals surface area contributed by atoms with Crippen molar-refractivity contribution < 1.29 is 4.79 Å². The first-order valence-electron chi connectivity index (χ1n) is 9.31. The zero-order valence-electron chi connectivity index (χ0n) is 15.4. The van der Waals surface area contributed by atoms with Crippen LogP contribution in [0.1, 0.15) is 45.6 Å². The molecule has 3 aromatic rings. The molecule has 1 atom stereocenters. The molecule has 128 valence electrons. The van der Waals surface area contributed by atoms with Crippen molar-refractivity contribution >= 4 is 33.4 Å². The second-order valence-electron chi connectivity index (χ2n) is 6.81. The van der Waals surface area contributed by atoms with Crippen LogP contribution >= 0.6 is 0 Å². The van der Waals surface area contributed by atoms with Crippen LogP contribution in [0.25, 0.3) is 27.6 Å². The van der Waals surface area contributed by atoms with Crippen molar-refractivity contribution in [1.82, 2.24) is 0 Å². The van der Waals surface area contributed by atoms with Gasteiger partial charge < -0.3 is 0 Å². The standard InChI is InChI=1S/C24H26O/c1-4-10-24(25)22(17(3)5-2)16-23-20-13-8-6-11-18(20)15-19-12-7-9-14-21(19)23/h6-9,11-17H,4-5,10H2,1-3H3/b22-16+. The van der Waals surface area contributed by atoms with Crippen LogP contribution < -0.4 is 0 Å². The summed E-state index contributed by atoms with van der Waals surface area (Å²) in [7, 11) is 0. The van der Waals surface area contributed by atoms with E-state index in [4.69, 9.17) is 0 Å². The molecule has 0 N–H and O–H groups in total. The Kier molecular flexibility index (Phi) is 5.33. The molecule has 0 spiro atoms. The third-order valence-electron chi connectivity index (χ3n) is 5.06. The van der Waals surface area contributed by atoms with Crippen LogP contribution in [-0.2, 0) is 4.79 Å². The molecule has 0 aliphatic heterocycles. The highest BCUT2D eigenvalue weighted by Crippen LogP contribution is 2.32. The molecule has 0 bridgehead atoms. The molecule has 0 saturated heterocycles. The van der Waals surface area contributed by atoms with Gasteiger partial charge in [-0.3, -0.25) is 4.79 Å². The predicted octanol–water partition coefficient (Wildman–Crippen LogP) is 6.79. The van der Waals surface area contributed by atoms with E-state index in [0.717, 1.165) is 18.4 Å². The lowest BCUT2D eigenvalue weighted by Crippen LogP contribution is -2.10. The van der Waals surface area contributed by atoms with Gasteiger partial charge in [0.05, 0.1) is 0 Å². The van der Waals surface area contributed by atoms with Crippen LogP contribution in [0.4, 0.5) is 0 Å². The molecule has 3 rings (SSSR count). The largest absolute Gasteiger partial charge is 0.295 e. The summed E-state index contributed by atoms with van der Waals surface area (Å²) in [5, 5.41) is 4.87. The summed E-state index contributed by atoms with van der Waals surface area (Å²) in [6, 6.07) is 19.1. The van der Waals surface area contributed by atoms with E-state index in [0.29, 0.717) is 6.42 Å². The molecule has 0 amide bonds. The highest BCUT2D eigenvalue weighted by molar-refractivity contribution is 6.10. The number of carbonyl (C=O) groups excluding carboxylic acids is 1. The lowest BCUT2D eigenvalue weighted by molar-refractivity contribution is -0.116. The van der Waals surface area contributed by atoms with Gasteiger partial charge in [0.2, 0.25) is 0 Å². The molecule has 0 aliphatic carbocycles. The molecule has 0 radical (unpaired) electrons. The number of Topliss-reactive ketones (excluding diaryl/α,β-unsaturated/α-hetero) is 1. The maximum absolute atomic E-state index is 12.8. The summed E-state index contributed by atoms with van der Waals surface area (Å²) in [4.78, 5) is 12.8. The van der Waals surface area contributed by atoms with Crippen LogP contribution in [0.5, 0.6) is 0 Å². The maximum atomic E-state index is 12.8. The fraction of sp³-hybridized carbons (Fsp3) is 0.292. The van der Waals surface area contributed by atoms with Gasteiger partial charge in [0.25, 0.3) is 0 Å². The Morgan fingerprint density at radius 3 is 2.04 bits per heavy atom. The van der Waals surface area contributed by atoms with E-state index in [1.807, 2.05) is 0 Å². The molecule has 1 nitrogen and oxygen atoms in total. The fourth-order valence-corrected chi connectivity index (χ4v) is 3.45. The Hall–Kier alpha value is -2.41. The normalized spacial score (nSPS) is 13.3. The van der Waals surface area contributed by atoms with Crippen molar-refractivity contribution in [3.8, 4) is 0 Å². The van der Waals surface area contributed by atoms with Gasteiger partial charge in [-0.05, 0) is 63.6 Å². The number of rotatable bonds is 6. The average Bonchev–Trinajstić information content (AvgIpc) is 2.64. The van der Waals surface area contributed by atoms with Crippen molar-refractivity contribution in [1.29, 1.82) is 0 Å². The van der Waals surface area contributed by atoms with Gasteiger partial charge in [-0.25, -0.2) is 0 Å². The molecule has 1 heteroatoms. The Bertz CT molecular complexity index is 879. The van der Waals surface area contributed by atoms with Crippen molar-refractivity contribution in [2.45, 2.75) is 40.0 Å². The number of fused-ring (bicyclic) bond motifs is 2. The van der Waals surface area contributed by atoms with Gasteiger partial charge >= 0.3 is 0 Å². The predicted molar refractivity (Wildman–Crippen MR) is 109 cm³/mol. The van der Waals surface area contributed by atoms with Crippen LogP contribution in [0, 0.1) is 5.92 Å². The van der Waals surface area contributed by atoms with E-state index in [9.17, 15) is 4.79 Å². The second-order valence-corrected chi connectivity index (χ2v) is 6.81. The first-order chi connectivity index (χ1) is 12.2. The van der Waals surface area contributed by atoms with Crippen LogP contribution in [0.2, 0.25) is 0 Å².